The van der Waals surface area contributed by atoms with Crippen LogP contribution in [0.1, 0.15) is 25.0 Å². The average molecular weight is 236 g/mol. The van der Waals surface area contributed by atoms with Crippen molar-refractivity contribution < 1.29 is 4.74 Å². The molecule has 96 valence electrons. The Morgan fingerprint density at radius 3 is 2.53 bits per heavy atom. The van der Waals surface area contributed by atoms with Gasteiger partial charge < -0.3 is 15.4 Å². The van der Waals surface area contributed by atoms with Crippen molar-refractivity contribution in [2.24, 2.45) is 0 Å². The monoisotopic (exact) mass is 236 g/mol. The van der Waals surface area contributed by atoms with Gasteiger partial charge in [0.05, 0.1) is 7.11 Å². The van der Waals surface area contributed by atoms with E-state index in [4.69, 9.17) is 4.74 Å². The van der Waals surface area contributed by atoms with E-state index in [9.17, 15) is 0 Å². The SMILES string of the molecule is CNCNCC(C)(C)c1ccc(OC)c(C)c1. The number of aryl methyl sites for hydroxylation is 1. The molecule has 0 unspecified atom stereocenters. The van der Waals surface area contributed by atoms with Crippen LogP contribution in [0.3, 0.4) is 0 Å². The number of rotatable bonds is 6. The van der Waals surface area contributed by atoms with E-state index in [1.165, 1.54) is 11.1 Å². The zero-order valence-electron chi connectivity index (χ0n) is 11.6. The third-order valence-corrected chi connectivity index (χ3v) is 3.05. The van der Waals surface area contributed by atoms with Gasteiger partial charge >= 0.3 is 0 Å². The Bertz CT molecular complexity index is 361. The second-order valence-electron chi connectivity index (χ2n) is 5.03. The fraction of sp³-hybridized carbons (Fsp3) is 0.571. The lowest BCUT2D eigenvalue weighted by atomic mass is 9.84. The molecule has 1 aromatic carbocycles. The van der Waals surface area contributed by atoms with E-state index in [0.717, 1.165) is 19.0 Å². The van der Waals surface area contributed by atoms with Crippen molar-refractivity contribution in [3.8, 4) is 5.75 Å². The Kier molecular flexibility index (Phi) is 4.97. The molecule has 0 aromatic heterocycles. The minimum absolute atomic E-state index is 0.119. The summed E-state index contributed by atoms with van der Waals surface area (Å²) in [5.41, 5.74) is 2.64. The molecule has 3 heteroatoms. The molecule has 2 N–H and O–H groups in total. The number of benzene rings is 1. The molecule has 0 saturated carbocycles. The summed E-state index contributed by atoms with van der Waals surface area (Å²) in [4.78, 5) is 0. The van der Waals surface area contributed by atoms with Crippen molar-refractivity contribution in [2.75, 3.05) is 27.4 Å². The van der Waals surface area contributed by atoms with Crippen LogP contribution in [0.25, 0.3) is 0 Å². The van der Waals surface area contributed by atoms with Crippen LogP contribution < -0.4 is 15.4 Å². The van der Waals surface area contributed by atoms with Gasteiger partial charge in [-0.05, 0) is 31.2 Å². The Hall–Kier alpha value is -1.06. The largest absolute Gasteiger partial charge is 0.496 e. The lowest BCUT2D eigenvalue weighted by Gasteiger charge is -2.26. The Balaban J connectivity index is 2.80. The maximum Gasteiger partial charge on any atom is 0.121 e. The van der Waals surface area contributed by atoms with Crippen LogP contribution >= 0.6 is 0 Å². The molecule has 0 atom stereocenters. The van der Waals surface area contributed by atoms with E-state index in [0.29, 0.717) is 0 Å². The van der Waals surface area contributed by atoms with Crippen LogP contribution in [0.2, 0.25) is 0 Å². The Labute approximate surface area is 105 Å². The molecule has 0 aliphatic rings. The van der Waals surface area contributed by atoms with Crippen molar-refractivity contribution in [1.29, 1.82) is 0 Å². The van der Waals surface area contributed by atoms with Gasteiger partial charge in [0, 0.05) is 18.6 Å². The van der Waals surface area contributed by atoms with Gasteiger partial charge in [-0.2, -0.15) is 0 Å². The van der Waals surface area contributed by atoms with Gasteiger partial charge in [-0.1, -0.05) is 26.0 Å². The molecule has 17 heavy (non-hydrogen) atoms. The molecule has 0 amide bonds. The van der Waals surface area contributed by atoms with Crippen LogP contribution in [0.15, 0.2) is 18.2 Å². The predicted octanol–water partition coefficient (Wildman–Crippen LogP) is 2.05. The summed E-state index contributed by atoms with van der Waals surface area (Å²) in [6, 6.07) is 6.40. The number of nitrogens with one attached hydrogen (secondary N) is 2. The molecule has 0 bridgehead atoms. The maximum absolute atomic E-state index is 5.29. The normalized spacial score (nSPS) is 11.6. The number of ether oxygens (including phenoxy) is 1. The van der Waals surface area contributed by atoms with E-state index in [-0.39, 0.29) is 5.41 Å². The van der Waals surface area contributed by atoms with Crippen molar-refractivity contribution in [1.82, 2.24) is 10.6 Å². The Morgan fingerprint density at radius 1 is 1.29 bits per heavy atom. The molecule has 0 fully saturated rings. The first-order chi connectivity index (χ1) is 8.01. The molecule has 3 nitrogen and oxygen atoms in total. The van der Waals surface area contributed by atoms with Crippen LogP contribution in [-0.4, -0.2) is 27.4 Å². The van der Waals surface area contributed by atoms with E-state index in [2.05, 4.69) is 43.5 Å². The first-order valence-electron chi connectivity index (χ1n) is 6.01. The fourth-order valence-electron chi connectivity index (χ4n) is 1.90. The third-order valence-electron chi connectivity index (χ3n) is 3.05. The second-order valence-corrected chi connectivity index (χ2v) is 5.03. The van der Waals surface area contributed by atoms with Gasteiger partial charge in [0.25, 0.3) is 0 Å². The number of methoxy groups -OCH3 is 1. The lowest BCUT2D eigenvalue weighted by molar-refractivity contribution is 0.410. The summed E-state index contributed by atoms with van der Waals surface area (Å²) in [7, 11) is 3.65. The summed E-state index contributed by atoms with van der Waals surface area (Å²) in [6.07, 6.45) is 0. The van der Waals surface area contributed by atoms with Crippen molar-refractivity contribution in [3.63, 3.8) is 0 Å². The molecule has 0 aliphatic heterocycles. The smallest absolute Gasteiger partial charge is 0.121 e. The molecule has 0 heterocycles. The van der Waals surface area contributed by atoms with Crippen LogP contribution in [0.5, 0.6) is 5.75 Å². The molecule has 1 rings (SSSR count). The summed E-state index contributed by atoms with van der Waals surface area (Å²) < 4.78 is 5.29. The van der Waals surface area contributed by atoms with Crippen molar-refractivity contribution in [3.05, 3.63) is 29.3 Å². The third kappa shape index (κ3) is 3.72. The van der Waals surface area contributed by atoms with Gasteiger partial charge in [0.15, 0.2) is 0 Å². The molecule has 0 saturated heterocycles. The lowest BCUT2D eigenvalue weighted by Crippen LogP contribution is -2.37. The first-order valence-corrected chi connectivity index (χ1v) is 6.01. The quantitative estimate of drug-likeness (QED) is 0.586. The van der Waals surface area contributed by atoms with E-state index in [1.54, 1.807) is 7.11 Å². The number of hydrogen-bond donors (Lipinski definition) is 2. The van der Waals surface area contributed by atoms with Crippen LogP contribution in [-0.2, 0) is 5.41 Å². The molecular formula is C14H24N2O. The molecular weight excluding hydrogens is 212 g/mol. The highest BCUT2D eigenvalue weighted by atomic mass is 16.5. The molecule has 0 radical (unpaired) electrons. The maximum atomic E-state index is 5.29. The second kappa shape index (κ2) is 6.03. The summed E-state index contributed by atoms with van der Waals surface area (Å²) in [6.45, 7) is 8.35. The van der Waals surface area contributed by atoms with E-state index >= 15 is 0 Å². The number of hydrogen-bond acceptors (Lipinski definition) is 3. The minimum atomic E-state index is 0.119. The van der Waals surface area contributed by atoms with Gasteiger partial charge in [-0.3, -0.25) is 0 Å². The minimum Gasteiger partial charge on any atom is -0.496 e. The highest BCUT2D eigenvalue weighted by Crippen LogP contribution is 2.27. The fourth-order valence-corrected chi connectivity index (χ4v) is 1.90. The molecule has 1 aromatic rings. The predicted molar refractivity (Wildman–Crippen MR) is 72.7 cm³/mol. The zero-order valence-corrected chi connectivity index (χ0v) is 11.6. The zero-order chi connectivity index (χ0) is 12.9. The summed E-state index contributed by atoms with van der Waals surface area (Å²) in [5, 5.41) is 6.47. The van der Waals surface area contributed by atoms with E-state index in [1.807, 2.05) is 13.1 Å². The van der Waals surface area contributed by atoms with E-state index < -0.39 is 0 Å². The van der Waals surface area contributed by atoms with Gasteiger partial charge in [0.1, 0.15) is 5.75 Å². The van der Waals surface area contributed by atoms with Gasteiger partial charge in [-0.25, -0.2) is 0 Å². The highest BCUT2D eigenvalue weighted by Gasteiger charge is 2.20. The van der Waals surface area contributed by atoms with Crippen LogP contribution in [0.4, 0.5) is 0 Å². The molecule has 0 spiro atoms. The van der Waals surface area contributed by atoms with Crippen molar-refractivity contribution >= 4 is 0 Å². The van der Waals surface area contributed by atoms with Crippen LogP contribution in [0, 0.1) is 6.92 Å². The summed E-state index contributed by atoms with van der Waals surface area (Å²) in [5.74, 6) is 0.952. The van der Waals surface area contributed by atoms with Crippen molar-refractivity contribution in [2.45, 2.75) is 26.2 Å². The summed E-state index contributed by atoms with van der Waals surface area (Å²) >= 11 is 0. The first kappa shape index (κ1) is 14.0. The average Bonchev–Trinajstić information content (AvgIpc) is 2.29. The topological polar surface area (TPSA) is 33.3 Å². The molecule has 0 aliphatic carbocycles. The standard InChI is InChI=1S/C14H24N2O/c1-11-8-12(6-7-13(11)17-5)14(2,3)9-16-10-15-4/h6-8,15-16H,9-10H2,1-5H3. The van der Waals surface area contributed by atoms with Gasteiger partial charge in [0.2, 0.25) is 0 Å². The Morgan fingerprint density at radius 2 is 2.00 bits per heavy atom. The van der Waals surface area contributed by atoms with Gasteiger partial charge in [-0.15, -0.1) is 0 Å². The highest BCUT2D eigenvalue weighted by molar-refractivity contribution is 5.39.